The molecule has 0 bridgehead atoms. The van der Waals surface area contributed by atoms with E-state index in [-0.39, 0.29) is 12.6 Å². The largest absolute Gasteiger partial charge is 0.450 e. The molecule has 156 valence electrons. The van der Waals surface area contributed by atoms with Crippen LogP contribution < -0.4 is 0 Å². The van der Waals surface area contributed by atoms with Gasteiger partial charge in [-0.3, -0.25) is 0 Å². The van der Waals surface area contributed by atoms with Gasteiger partial charge in [0.2, 0.25) is 0 Å². The fourth-order valence-electron chi connectivity index (χ4n) is 5.37. The van der Waals surface area contributed by atoms with Crippen molar-refractivity contribution in [3.63, 3.8) is 0 Å². The molecule has 1 aromatic heterocycles. The number of carbonyl (C=O) groups is 1. The summed E-state index contributed by atoms with van der Waals surface area (Å²) in [5, 5.41) is 18.5. The van der Waals surface area contributed by atoms with Crippen molar-refractivity contribution in [3.8, 4) is 0 Å². The predicted molar refractivity (Wildman–Crippen MR) is 103 cm³/mol. The third-order valence-electron chi connectivity index (χ3n) is 6.82. The lowest BCUT2D eigenvalue weighted by atomic mass is 9.64. The van der Waals surface area contributed by atoms with E-state index in [1.807, 2.05) is 22.6 Å². The summed E-state index contributed by atoms with van der Waals surface area (Å²) in [5.74, 6) is 1.35. The van der Waals surface area contributed by atoms with Crippen LogP contribution in [0.3, 0.4) is 0 Å². The number of aliphatic hydroxyl groups is 2. The molecule has 8 nitrogen and oxygen atoms in total. The normalized spacial score (nSPS) is 28.9. The summed E-state index contributed by atoms with van der Waals surface area (Å²) < 4.78 is 7.02. The van der Waals surface area contributed by atoms with Crippen LogP contribution in [-0.4, -0.2) is 80.8 Å². The van der Waals surface area contributed by atoms with E-state index in [9.17, 15) is 15.0 Å². The molecule has 2 aliphatic heterocycles. The van der Waals surface area contributed by atoms with Gasteiger partial charge in [-0.1, -0.05) is 0 Å². The number of carbonyl (C=O) groups excluding carboxylic acids is 1. The zero-order valence-corrected chi connectivity index (χ0v) is 16.7. The quantitative estimate of drug-likeness (QED) is 0.736. The maximum absolute atomic E-state index is 12.0. The Morgan fingerprint density at radius 3 is 2.75 bits per heavy atom. The molecule has 2 N–H and O–H groups in total. The Kier molecular flexibility index (Phi) is 5.62. The fourth-order valence-corrected chi connectivity index (χ4v) is 5.37. The lowest BCUT2D eigenvalue weighted by molar-refractivity contribution is -0.0522. The van der Waals surface area contributed by atoms with Crippen molar-refractivity contribution in [2.45, 2.75) is 63.8 Å². The van der Waals surface area contributed by atoms with Crippen molar-refractivity contribution in [1.29, 1.82) is 0 Å². The maximum Gasteiger partial charge on any atom is 0.409 e. The molecule has 0 radical (unpaired) electrons. The van der Waals surface area contributed by atoms with Crippen molar-refractivity contribution >= 4 is 6.09 Å². The van der Waals surface area contributed by atoms with Crippen molar-refractivity contribution in [2.24, 2.45) is 5.41 Å². The van der Waals surface area contributed by atoms with Crippen LogP contribution in [0.2, 0.25) is 0 Å². The predicted octanol–water partition coefficient (Wildman–Crippen LogP) is 1.38. The molecule has 3 fully saturated rings. The van der Waals surface area contributed by atoms with E-state index in [1.54, 1.807) is 6.20 Å². The number of amides is 1. The minimum Gasteiger partial charge on any atom is -0.450 e. The Bertz CT molecular complexity index is 678. The van der Waals surface area contributed by atoms with Crippen LogP contribution >= 0.6 is 0 Å². The number of nitrogens with zero attached hydrogens (tertiary/aromatic N) is 4. The third-order valence-corrected chi connectivity index (χ3v) is 6.82. The van der Waals surface area contributed by atoms with E-state index in [0.717, 1.165) is 51.3 Å². The number of hydrogen-bond donors (Lipinski definition) is 2. The van der Waals surface area contributed by atoms with E-state index >= 15 is 0 Å². The molecule has 3 heterocycles. The Morgan fingerprint density at radius 1 is 1.32 bits per heavy atom. The number of aliphatic hydroxyl groups excluding tert-OH is 1. The van der Waals surface area contributed by atoms with E-state index in [0.29, 0.717) is 24.0 Å². The second kappa shape index (κ2) is 8.00. The number of imidazole rings is 1. The van der Waals surface area contributed by atoms with Gasteiger partial charge in [0.1, 0.15) is 5.82 Å². The first kappa shape index (κ1) is 19.7. The van der Waals surface area contributed by atoms with Crippen LogP contribution in [0.25, 0.3) is 0 Å². The SMILES string of the molecule is CCOC(=O)N1CCC2(CC(N3CCC(c4nccn4CC(O)O)CC3)C2)C1. The molecular weight excluding hydrogens is 360 g/mol. The minimum atomic E-state index is -1.35. The first-order valence-electron chi connectivity index (χ1n) is 10.5. The van der Waals surface area contributed by atoms with E-state index < -0.39 is 6.29 Å². The smallest absolute Gasteiger partial charge is 0.409 e. The number of hydrogen-bond acceptors (Lipinski definition) is 6. The van der Waals surface area contributed by atoms with Crippen molar-refractivity contribution in [1.82, 2.24) is 19.4 Å². The van der Waals surface area contributed by atoms with Crippen LogP contribution in [0.5, 0.6) is 0 Å². The molecule has 0 atom stereocenters. The lowest BCUT2D eigenvalue weighted by Crippen LogP contribution is -2.54. The summed E-state index contributed by atoms with van der Waals surface area (Å²) in [6.45, 7) is 6.26. The van der Waals surface area contributed by atoms with Gasteiger partial charge in [0.25, 0.3) is 0 Å². The van der Waals surface area contributed by atoms with Gasteiger partial charge >= 0.3 is 6.09 Å². The molecule has 4 rings (SSSR count). The van der Waals surface area contributed by atoms with Gasteiger partial charge in [0, 0.05) is 37.4 Å². The standard InChI is InChI=1S/C20H32N4O4/c1-2-28-19(27)24-9-5-20(14-24)11-16(12-20)22-7-3-15(4-8-22)18-21-6-10-23(18)13-17(25)26/h6,10,15-17,25-26H,2-5,7-9,11-14H2,1H3. The minimum absolute atomic E-state index is 0.160. The highest BCUT2D eigenvalue weighted by atomic mass is 16.6. The molecule has 1 aliphatic carbocycles. The summed E-state index contributed by atoms with van der Waals surface area (Å²) in [5.41, 5.74) is 0.307. The molecule has 0 unspecified atom stereocenters. The number of rotatable bonds is 5. The number of piperidine rings is 1. The summed E-state index contributed by atoms with van der Waals surface area (Å²) >= 11 is 0. The zero-order chi connectivity index (χ0) is 19.7. The van der Waals surface area contributed by atoms with Gasteiger partial charge in [0.05, 0.1) is 13.2 Å². The van der Waals surface area contributed by atoms with Crippen LogP contribution in [0.15, 0.2) is 12.4 Å². The Hall–Kier alpha value is -1.64. The third kappa shape index (κ3) is 3.90. The molecule has 1 saturated carbocycles. The summed E-state index contributed by atoms with van der Waals surface area (Å²) in [7, 11) is 0. The van der Waals surface area contributed by atoms with Crippen LogP contribution in [0.4, 0.5) is 4.79 Å². The van der Waals surface area contributed by atoms with Gasteiger partial charge < -0.3 is 29.3 Å². The first-order valence-corrected chi connectivity index (χ1v) is 10.5. The second-order valence-electron chi connectivity index (χ2n) is 8.66. The van der Waals surface area contributed by atoms with Gasteiger partial charge in [0.15, 0.2) is 6.29 Å². The molecule has 28 heavy (non-hydrogen) atoms. The van der Waals surface area contributed by atoms with Gasteiger partial charge in [-0.15, -0.1) is 0 Å². The van der Waals surface area contributed by atoms with Crippen LogP contribution in [0.1, 0.15) is 50.8 Å². The molecule has 1 aromatic rings. The maximum atomic E-state index is 12.0. The van der Waals surface area contributed by atoms with Crippen molar-refractivity contribution in [3.05, 3.63) is 18.2 Å². The van der Waals surface area contributed by atoms with Crippen molar-refractivity contribution < 1.29 is 19.7 Å². The number of ether oxygens (including phenoxy) is 1. The summed E-state index contributed by atoms with van der Waals surface area (Å²) in [6, 6.07) is 0.627. The highest BCUT2D eigenvalue weighted by molar-refractivity contribution is 5.68. The van der Waals surface area contributed by atoms with Gasteiger partial charge in [-0.05, 0) is 57.5 Å². The monoisotopic (exact) mass is 392 g/mol. The highest BCUT2D eigenvalue weighted by Crippen LogP contribution is 2.51. The number of likely N-dealkylation sites (tertiary alicyclic amines) is 2. The van der Waals surface area contributed by atoms with E-state index in [4.69, 9.17) is 4.74 Å². The average Bonchev–Trinajstić information content (AvgIpc) is 3.28. The van der Waals surface area contributed by atoms with Gasteiger partial charge in [-0.2, -0.15) is 0 Å². The zero-order valence-electron chi connectivity index (χ0n) is 16.7. The number of aromatic nitrogens is 2. The Morgan fingerprint density at radius 2 is 2.07 bits per heavy atom. The fraction of sp³-hybridized carbons (Fsp3) is 0.800. The van der Waals surface area contributed by atoms with E-state index in [2.05, 4.69) is 9.88 Å². The molecule has 3 aliphatic rings. The molecular formula is C20H32N4O4. The highest BCUT2D eigenvalue weighted by Gasteiger charge is 2.51. The Balaban J connectivity index is 1.25. The molecule has 2 saturated heterocycles. The van der Waals surface area contributed by atoms with Crippen LogP contribution in [-0.2, 0) is 11.3 Å². The first-order chi connectivity index (χ1) is 13.5. The second-order valence-corrected chi connectivity index (χ2v) is 8.66. The molecule has 1 spiro atoms. The lowest BCUT2D eigenvalue weighted by Gasteiger charge is -2.51. The summed E-state index contributed by atoms with van der Waals surface area (Å²) in [6.07, 6.45) is 7.62. The van der Waals surface area contributed by atoms with Gasteiger partial charge in [-0.25, -0.2) is 9.78 Å². The average molecular weight is 393 g/mol. The van der Waals surface area contributed by atoms with E-state index in [1.165, 1.54) is 12.8 Å². The summed E-state index contributed by atoms with van der Waals surface area (Å²) in [4.78, 5) is 20.9. The topological polar surface area (TPSA) is 91.1 Å². The van der Waals surface area contributed by atoms with Crippen LogP contribution in [0, 0.1) is 5.41 Å². The van der Waals surface area contributed by atoms with Crippen molar-refractivity contribution in [2.75, 3.05) is 32.8 Å². The molecule has 8 heteroatoms. The molecule has 1 amide bonds. The molecule has 0 aromatic carbocycles. The Labute approximate surface area is 166 Å².